The molecule has 8 nitrogen and oxygen atoms in total. The summed E-state index contributed by atoms with van der Waals surface area (Å²) in [4.78, 5) is 43.5. The molecule has 2 unspecified atom stereocenters. The third kappa shape index (κ3) is 4.20. The third-order valence-electron chi connectivity index (χ3n) is 8.94. The summed E-state index contributed by atoms with van der Waals surface area (Å²) in [5, 5.41) is 16.4. The number of nitrogens with zero attached hydrogens (tertiary/aromatic N) is 1. The molecule has 2 aromatic rings. The van der Waals surface area contributed by atoms with Crippen molar-refractivity contribution in [2.75, 3.05) is 11.9 Å². The summed E-state index contributed by atoms with van der Waals surface area (Å²) in [6, 6.07) is 17.2. The molecule has 8 heteroatoms. The van der Waals surface area contributed by atoms with E-state index < -0.39 is 35.1 Å². The Kier molecular flexibility index (Phi) is 7.05. The Morgan fingerprint density at radius 1 is 1.08 bits per heavy atom. The van der Waals surface area contributed by atoms with Crippen LogP contribution in [0.3, 0.4) is 0 Å². The van der Waals surface area contributed by atoms with Crippen molar-refractivity contribution in [2.45, 2.75) is 69.9 Å². The molecular weight excluding hydrogens is 482 g/mol. The van der Waals surface area contributed by atoms with E-state index in [0.29, 0.717) is 25.1 Å². The SMILES string of the molecule is CC[C@H](C)[C@H](CO)N1C(=O)[C@@H]2[C@H](C(=O)Nc3ccccc3)[C@]3(C)CCC2(O3)C1C(=O)NCc1ccccc1. The summed E-state index contributed by atoms with van der Waals surface area (Å²) < 4.78 is 6.67. The molecule has 3 amide bonds. The van der Waals surface area contributed by atoms with Gasteiger partial charge in [-0.25, -0.2) is 0 Å². The van der Waals surface area contributed by atoms with Crippen LogP contribution in [0.15, 0.2) is 60.7 Å². The first-order chi connectivity index (χ1) is 18.3. The van der Waals surface area contributed by atoms with Crippen molar-refractivity contribution < 1.29 is 24.2 Å². The van der Waals surface area contributed by atoms with Crippen LogP contribution < -0.4 is 10.6 Å². The Labute approximate surface area is 223 Å². The fourth-order valence-electron chi connectivity index (χ4n) is 6.86. The highest BCUT2D eigenvalue weighted by Crippen LogP contribution is 2.63. The molecule has 3 fully saturated rings. The Balaban J connectivity index is 1.51. The molecule has 3 aliphatic rings. The number of para-hydroxylation sites is 1. The lowest BCUT2D eigenvalue weighted by Gasteiger charge is -2.39. The smallest absolute Gasteiger partial charge is 0.246 e. The molecule has 7 atom stereocenters. The van der Waals surface area contributed by atoms with Crippen LogP contribution in [0.4, 0.5) is 5.69 Å². The van der Waals surface area contributed by atoms with Crippen molar-refractivity contribution in [1.29, 1.82) is 0 Å². The van der Waals surface area contributed by atoms with Gasteiger partial charge < -0.3 is 25.4 Å². The lowest BCUT2D eigenvalue weighted by atomic mass is 9.66. The second kappa shape index (κ2) is 10.2. The van der Waals surface area contributed by atoms with Crippen LogP contribution in [0, 0.1) is 17.8 Å². The van der Waals surface area contributed by atoms with Crippen LogP contribution in [0.5, 0.6) is 0 Å². The van der Waals surface area contributed by atoms with E-state index in [9.17, 15) is 19.5 Å². The van der Waals surface area contributed by atoms with E-state index >= 15 is 0 Å². The van der Waals surface area contributed by atoms with Gasteiger partial charge in [-0.2, -0.15) is 0 Å². The number of fused-ring (bicyclic) bond motifs is 1. The Bertz CT molecular complexity index is 1190. The number of aliphatic hydroxyl groups is 1. The summed E-state index contributed by atoms with van der Waals surface area (Å²) in [5.41, 5.74) is -0.416. The average molecular weight is 520 g/mol. The topological polar surface area (TPSA) is 108 Å². The van der Waals surface area contributed by atoms with Crippen LogP contribution in [-0.4, -0.2) is 57.6 Å². The summed E-state index contributed by atoms with van der Waals surface area (Å²) in [6.45, 7) is 5.88. The number of carbonyl (C=O) groups is 3. The molecule has 2 aromatic carbocycles. The first-order valence-corrected chi connectivity index (χ1v) is 13.6. The lowest BCUT2D eigenvalue weighted by Crippen LogP contribution is -2.59. The fraction of sp³-hybridized carbons (Fsp3) is 0.500. The number of nitrogens with one attached hydrogen (secondary N) is 2. The number of hydrogen-bond acceptors (Lipinski definition) is 5. The molecule has 3 N–H and O–H groups in total. The van der Waals surface area contributed by atoms with Crippen molar-refractivity contribution in [3.8, 4) is 0 Å². The highest BCUT2D eigenvalue weighted by Gasteiger charge is 2.78. The maximum Gasteiger partial charge on any atom is 0.246 e. The first kappa shape index (κ1) is 26.4. The monoisotopic (exact) mass is 519 g/mol. The quantitative estimate of drug-likeness (QED) is 0.472. The van der Waals surface area contributed by atoms with Gasteiger partial charge in [0.1, 0.15) is 11.6 Å². The summed E-state index contributed by atoms with van der Waals surface area (Å²) in [7, 11) is 0. The number of amides is 3. The van der Waals surface area contributed by atoms with Crippen LogP contribution in [-0.2, 0) is 25.7 Å². The minimum Gasteiger partial charge on any atom is -0.394 e. The molecule has 38 heavy (non-hydrogen) atoms. The van der Waals surface area contributed by atoms with Gasteiger partial charge >= 0.3 is 0 Å². The molecule has 0 saturated carbocycles. The predicted molar refractivity (Wildman–Crippen MR) is 143 cm³/mol. The lowest BCUT2D eigenvalue weighted by molar-refractivity contribution is -0.150. The maximum absolute atomic E-state index is 14.3. The second-order valence-corrected chi connectivity index (χ2v) is 11.2. The van der Waals surface area contributed by atoms with Crippen molar-refractivity contribution in [3.63, 3.8) is 0 Å². The standard InChI is InChI=1S/C30H37N3O5/c1-4-19(2)22(18-34)33-25(27(36)31-17-20-11-7-5-8-12-20)30-16-15-29(3,38-30)23(24(30)28(33)37)26(35)32-21-13-9-6-10-14-21/h5-14,19,22-25,34H,4,15-18H2,1-3H3,(H,31,36)(H,32,35)/t19-,22-,23+,24-,25?,29-,30?/m0/s1. The van der Waals surface area contributed by atoms with E-state index in [2.05, 4.69) is 10.6 Å². The average Bonchev–Trinajstić information content (AvgIpc) is 3.49. The second-order valence-electron chi connectivity index (χ2n) is 11.2. The number of likely N-dealkylation sites (tertiary alicyclic amines) is 1. The molecule has 3 aliphatic heterocycles. The number of ether oxygens (including phenoxy) is 1. The third-order valence-corrected chi connectivity index (χ3v) is 8.94. The number of anilines is 1. The molecule has 5 rings (SSSR count). The van der Waals surface area contributed by atoms with E-state index in [1.165, 1.54) is 0 Å². The number of carbonyl (C=O) groups excluding carboxylic acids is 3. The molecule has 0 aliphatic carbocycles. The number of rotatable bonds is 9. The largest absolute Gasteiger partial charge is 0.394 e. The van der Waals surface area contributed by atoms with E-state index in [4.69, 9.17) is 4.74 Å². The number of aliphatic hydroxyl groups excluding tert-OH is 1. The summed E-state index contributed by atoms with van der Waals surface area (Å²) in [6.07, 6.45) is 1.78. The molecule has 2 bridgehead atoms. The van der Waals surface area contributed by atoms with Crippen molar-refractivity contribution in [2.24, 2.45) is 17.8 Å². The van der Waals surface area contributed by atoms with Crippen LogP contribution in [0.1, 0.15) is 45.6 Å². The molecule has 1 spiro atoms. The minimum absolute atomic E-state index is 0.0482. The molecule has 3 heterocycles. The van der Waals surface area contributed by atoms with E-state index in [0.717, 1.165) is 12.0 Å². The van der Waals surface area contributed by atoms with Gasteiger partial charge in [-0.15, -0.1) is 0 Å². The Morgan fingerprint density at radius 3 is 2.37 bits per heavy atom. The Hall–Kier alpha value is -3.23. The number of hydrogen-bond donors (Lipinski definition) is 3. The highest BCUT2D eigenvalue weighted by atomic mass is 16.5. The van der Waals surface area contributed by atoms with Gasteiger partial charge in [-0.3, -0.25) is 14.4 Å². The van der Waals surface area contributed by atoms with Gasteiger partial charge in [0.15, 0.2) is 0 Å². The van der Waals surface area contributed by atoms with Crippen molar-refractivity contribution in [3.05, 3.63) is 66.2 Å². The van der Waals surface area contributed by atoms with E-state index in [1.807, 2.05) is 69.3 Å². The zero-order chi connectivity index (χ0) is 27.1. The van der Waals surface area contributed by atoms with Crippen LogP contribution in [0.2, 0.25) is 0 Å². The maximum atomic E-state index is 14.3. The van der Waals surface area contributed by atoms with Crippen LogP contribution in [0.25, 0.3) is 0 Å². The van der Waals surface area contributed by atoms with Gasteiger partial charge in [-0.1, -0.05) is 68.8 Å². The van der Waals surface area contributed by atoms with Gasteiger partial charge in [0.25, 0.3) is 0 Å². The van der Waals surface area contributed by atoms with Gasteiger partial charge in [-0.05, 0) is 43.4 Å². The molecular formula is C30H37N3O5. The van der Waals surface area contributed by atoms with Crippen molar-refractivity contribution >= 4 is 23.4 Å². The minimum atomic E-state index is -1.13. The zero-order valence-corrected chi connectivity index (χ0v) is 22.2. The summed E-state index contributed by atoms with van der Waals surface area (Å²) >= 11 is 0. The van der Waals surface area contributed by atoms with Gasteiger partial charge in [0.2, 0.25) is 17.7 Å². The van der Waals surface area contributed by atoms with E-state index in [1.54, 1.807) is 17.0 Å². The van der Waals surface area contributed by atoms with Gasteiger partial charge in [0.05, 0.1) is 30.1 Å². The molecule has 0 radical (unpaired) electrons. The number of benzene rings is 2. The van der Waals surface area contributed by atoms with Gasteiger partial charge in [0, 0.05) is 12.2 Å². The first-order valence-electron chi connectivity index (χ1n) is 13.6. The Morgan fingerprint density at radius 2 is 1.74 bits per heavy atom. The highest BCUT2D eigenvalue weighted by molar-refractivity contribution is 6.02. The molecule has 3 saturated heterocycles. The summed E-state index contributed by atoms with van der Waals surface area (Å²) in [5.74, 6) is -2.51. The predicted octanol–water partition coefficient (Wildman–Crippen LogP) is 3.11. The van der Waals surface area contributed by atoms with E-state index in [-0.39, 0.29) is 30.2 Å². The van der Waals surface area contributed by atoms with Crippen LogP contribution >= 0.6 is 0 Å². The molecule has 202 valence electrons. The zero-order valence-electron chi connectivity index (χ0n) is 22.2. The molecule has 0 aromatic heterocycles. The fourth-order valence-corrected chi connectivity index (χ4v) is 6.86. The normalized spacial score (nSPS) is 31.1. The van der Waals surface area contributed by atoms with Crippen molar-refractivity contribution in [1.82, 2.24) is 10.2 Å².